The lowest BCUT2D eigenvalue weighted by atomic mass is 10.2. The van der Waals surface area contributed by atoms with Gasteiger partial charge in [-0.2, -0.15) is 5.10 Å². The summed E-state index contributed by atoms with van der Waals surface area (Å²) < 4.78 is 2.53. The molecule has 2 rings (SSSR count). The summed E-state index contributed by atoms with van der Waals surface area (Å²) in [6, 6.07) is 3.93. The van der Waals surface area contributed by atoms with Crippen molar-refractivity contribution in [2.75, 3.05) is 0 Å². The fraction of sp³-hybridized carbons (Fsp3) is 0.231. The van der Waals surface area contributed by atoms with E-state index in [1.165, 1.54) is 12.1 Å². The summed E-state index contributed by atoms with van der Waals surface area (Å²) in [6.45, 7) is 2.86. The van der Waals surface area contributed by atoms with Gasteiger partial charge in [-0.3, -0.25) is 19.6 Å². The average Bonchev–Trinajstić information content (AvgIpc) is 2.85. The third kappa shape index (κ3) is 3.45. The molecule has 2 aromatic rings. The molecule has 0 spiro atoms. The minimum atomic E-state index is -0.623. The van der Waals surface area contributed by atoms with E-state index < -0.39 is 10.8 Å². The van der Waals surface area contributed by atoms with Crippen LogP contribution in [0.25, 0.3) is 0 Å². The van der Waals surface area contributed by atoms with E-state index in [9.17, 15) is 14.9 Å². The van der Waals surface area contributed by atoms with Gasteiger partial charge in [-0.15, -0.1) is 0 Å². The molecule has 0 saturated carbocycles. The molecule has 1 aromatic heterocycles. The zero-order valence-corrected chi connectivity index (χ0v) is 13.9. The highest BCUT2D eigenvalue weighted by Gasteiger charge is 2.17. The van der Waals surface area contributed by atoms with Gasteiger partial charge in [0.05, 0.1) is 27.8 Å². The predicted octanol–water partition coefficient (Wildman–Crippen LogP) is 3.16. The van der Waals surface area contributed by atoms with Gasteiger partial charge in [0, 0.05) is 18.2 Å². The second-order valence-electron chi connectivity index (χ2n) is 4.36. The largest absolute Gasteiger partial charge is 0.346 e. The van der Waals surface area contributed by atoms with Crippen molar-refractivity contribution in [2.24, 2.45) is 0 Å². The number of carbonyl (C=O) groups excluding carboxylic acids is 1. The first-order chi connectivity index (χ1) is 10.4. The summed E-state index contributed by atoms with van der Waals surface area (Å²) in [4.78, 5) is 22.3. The fourth-order valence-corrected chi connectivity index (χ4v) is 2.52. The molecule has 1 N–H and O–H groups in total. The molecule has 1 amide bonds. The van der Waals surface area contributed by atoms with Crippen LogP contribution in [0.4, 0.5) is 5.69 Å². The van der Waals surface area contributed by atoms with Gasteiger partial charge in [-0.1, -0.05) is 11.6 Å². The Morgan fingerprint density at radius 3 is 2.91 bits per heavy atom. The molecule has 0 bridgehead atoms. The van der Waals surface area contributed by atoms with Crippen LogP contribution >= 0.6 is 27.5 Å². The number of nitrogens with zero attached hydrogens (tertiary/aromatic N) is 3. The summed E-state index contributed by atoms with van der Waals surface area (Å²) >= 11 is 9.09. The van der Waals surface area contributed by atoms with Crippen molar-refractivity contribution in [1.29, 1.82) is 0 Å². The Bertz CT molecular complexity index is 732. The number of aromatic nitrogens is 2. The van der Waals surface area contributed by atoms with Gasteiger partial charge in [-0.05, 0) is 35.0 Å². The standard InChI is InChI=1S/C13H12BrClN4O3/c1-2-18-12(9(14)6-17-18)7-16-13(20)8-3-4-10(15)11(5-8)19(21)22/h3-6H,2,7H2,1H3,(H,16,20). The molecule has 9 heteroatoms. The van der Waals surface area contributed by atoms with Gasteiger partial charge in [-0.25, -0.2) is 0 Å². The lowest BCUT2D eigenvalue weighted by Gasteiger charge is -2.08. The number of nitrogens with one attached hydrogen (secondary N) is 1. The van der Waals surface area contributed by atoms with Crippen molar-refractivity contribution in [3.63, 3.8) is 0 Å². The SMILES string of the molecule is CCn1ncc(Br)c1CNC(=O)c1ccc(Cl)c([N+](=O)[O-])c1. The molecule has 0 fully saturated rings. The Morgan fingerprint density at radius 1 is 1.55 bits per heavy atom. The van der Waals surface area contributed by atoms with Crippen molar-refractivity contribution in [1.82, 2.24) is 15.1 Å². The van der Waals surface area contributed by atoms with Crippen LogP contribution < -0.4 is 5.32 Å². The zero-order valence-electron chi connectivity index (χ0n) is 11.5. The van der Waals surface area contributed by atoms with E-state index in [0.29, 0.717) is 6.54 Å². The second-order valence-corrected chi connectivity index (χ2v) is 5.62. The number of halogens is 2. The van der Waals surface area contributed by atoms with Gasteiger partial charge in [0.25, 0.3) is 11.6 Å². The predicted molar refractivity (Wildman–Crippen MR) is 84.9 cm³/mol. The molecule has 0 unspecified atom stereocenters. The Hall–Kier alpha value is -1.93. The normalized spacial score (nSPS) is 10.5. The number of nitro groups is 1. The maximum absolute atomic E-state index is 12.1. The Labute approximate surface area is 139 Å². The van der Waals surface area contributed by atoms with Crippen molar-refractivity contribution >= 4 is 39.1 Å². The van der Waals surface area contributed by atoms with E-state index in [2.05, 4.69) is 26.3 Å². The minimum absolute atomic E-state index is 0.00615. The van der Waals surface area contributed by atoms with Crippen molar-refractivity contribution in [3.05, 3.63) is 55.3 Å². The monoisotopic (exact) mass is 386 g/mol. The molecular formula is C13H12BrClN4O3. The van der Waals surface area contributed by atoms with E-state index in [1.54, 1.807) is 10.9 Å². The Morgan fingerprint density at radius 2 is 2.27 bits per heavy atom. The first-order valence-corrected chi connectivity index (χ1v) is 7.53. The highest BCUT2D eigenvalue weighted by Crippen LogP contribution is 2.25. The number of hydrogen-bond acceptors (Lipinski definition) is 4. The highest BCUT2D eigenvalue weighted by atomic mass is 79.9. The number of hydrogen-bond donors (Lipinski definition) is 1. The quantitative estimate of drug-likeness (QED) is 0.630. The average molecular weight is 388 g/mol. The number of aryl methyl sites for hydroxylation is 1. The molecule has 1 heterocycles. The van der Waals surface area contributed by atoms with E-state index in [0.717, 1.165) is 16.2 Å². The minimum Gasteiger partial charge on any atom is -0.346 e. The van der Waals surface area contributed by atoms with Gasteiger partial charge in [0.2, 0.25) is 0 Å². The zero-order chi connectivity index (χ0) is 16.3. The van der Waals surface area contributed by atoms with E-state index in [-0.39, 0.29) is 22.8 Å². The van der Waals surface area contributed by atoms with Gasteiger partial charge < -0.3 is 5.32 Å². The number of rotatable bonds is 5. The van der Waals surface area contributed by atoms with Gasteiger partial charge in [0.15, 0.2) is 0 Å². The lowest BCUT2D eigenvalue weighted by Crippen LogP contribution is -2.24. The molecular weight excluding hydrogens is 376 g/mol. The number of carbonyl (C=O) groups is 1. The topological polar surface area (TPSA) is 90.1 Å². The van der Waals surface area contributed by atoms with Crippen molar-refractivity contribution < 1.29 is 9.72 Å². The fourth-order valence-electron chi connectivity index (χ4n) is 1.90. The van der Waals surface area contributed by atoms with Crippen LogP contribution in [-0.2, 0) is 13.1 Å². The number of nitro benzene ring substituents is 1. The molecule has 0 saturated heterocycles. The van der Waals surface area contributed by atoms with Crippen LogP contribution in [0, 0.1) is 10.1 Å². The van der Waals surface area contributed by atoms with E-state index in [4.69, 9.17) is 11.6 Å². The Balaban J connectivity index is 2.14. The van der Waals surface area contributed by atoms with E-state index in [1.807, 2.05) is 6.92 Å². The van der Waals surface area contributed by atoms with Crippen molar-refractivity contribution in [2.45, 2.75) is 20.0 Å². The van der Waals surface area contributed by atoms with Crippen molar-refractivity contribution in [3.8, 4) is 0 Å². The maximum Gasteiger partial charge on any atom is 0.288 e. The van der Waals surface area contributed by atoms with Crippen LogP contribution in [0.3, 0.4) is 0 Å². The molecule has 116 valence electrons. The van der Waals surface area contributed by atoms with Crippen LogP contribution in [0.15, 0.2) is 28.9 Å². The van der Waals surface area contributed by atoms with Crippen LogP contribution in [0.1, 0.15) is 23.0 Å². The molecule has 1 aromatic carbocycles. The molecule has 0 radical (unpaired) electrons. The lowest BCUT2D eigenvalue weighted by molar-refractivity contribution is -0.384. The highest BCUT2D eigenvalue weighted by molar-refractivity contribution is 9.10. The molecule has 0 aliphatic heterocycles. The summed E-state index contributed by atoms with van der Waals surface area (Å²) in [5.41, 5.74) is 0.697. The first kappa shape index (κ1) is 16.4. The summed E-state index contributed by atoms with van der Waals surface area (Å²) in [7, 11) is 0. The summed E-state index contributed by atoms with van der Waals surface area (Å²) in [6.07, 6.45) is 1.65. The smallest absolute Gasteiger partial charge is 0.288 e. The molecule has 7 nitrogen and oxygen atoms in total. The first-order valence-electron chi connectivity index (χ1n) is 6.36. The maximum atomic E-state index is 12.1. The molecule has 0 atom stereocenters. The molecule has 22 heavy (non-hydrogen) atoms. The summed E-state index contributed by atoms with van der Waals surface area (Å²) in [5, 5.41) is 17.7. The van der Waals surface area contributed by atoms with Gasteiger partial charge >= 0.3 is 0 Å². The third-order valence-corrected chi connectivity index (χ3v) is 4.00. The van der Waals surface area contributed by atoms with Crippen LogP contribution in [0.5, 0.6) is 0 Å². The van der Waals surface area contributed by atoms with Gasteiger partial charge in [0.1, 0.15) is 5.02 Å². The van der Waals surface area contributed by atoms with E-state index >= 15 is 0 Å². The number of benzene rings is 1. The third-order valence-electron chi connectivity index (χ3n) is 3.02. The molecule has 0 aliphatic rings. The number of amides is 1. The summed E-state index contributed by atoms with van der Waals surface area (Å²) in [5.74, 6) is -0.421. The van der Waals surface area contributed by atoms with Crippen LogP contribution in [0.2, 0.25) is 5.02 Å². The van der Waals surface area contributed by atoms with Crippen LogP contribution in [-0.4, -0.2) is 20.6 Å². The second kappa shape index (κ2) is 6.89. The Kier molecular flexibility index (Phi) is 5.15. The molecule has 0 aliphatic carbocycles.